The van der Waals surface area contributed by atoms with Gasteiger partial charge in [0.15, 0.2) is 0 Å². The molecule has 0 aliphatic carbocycles. The van der Waals surface area contributed by atoms with E-state index in [1.807, 2.05) is 6.20 Å². The van der Waals surface area contributed by atoms with Crippen LogP contribution in [-0.4, -0.2) is 23.6 Å². The van der Waals surface area contributed by atoms with Crippen LogP contribution in [0.4, 0.5) is 5.69 Å². The van der Waals surface area contributed by atoms with E-state index in [0.29, 0.717) is 11.8 Å². The Morgan fingerprint density at radius 2 is 2.20 bits per heavy atom. The fourth-order valence-corrected chi connectivity index (χ4v) is 2.87. The number of likely N-dealkylation sites (N-methyl/N-ethyl adjacent to an activating group) is 1. The summed E-state index contributed by atoms with van der Waals surface area (Å²) in [6.07, 6.45) is 2.93. The predicted octanol–water partition coefficient (Wildman–Crippen LogP) is 4.08. The van der Waals surface area contributed by atoms with Crippen molar-refractivity contribution >= 4 is 28.6 Å². The molecule has 0 amide bonds. The Morgan fingerprint density at radius 1 is 1.40 bits per heavy atom. The molecular weight excluding hydrogens is 290 g/mol. The summed E-state index contributed by atoms with van der Waals surface area (Å²) in [6, 6.07) is 4.25. The molecule has 0 bridgehead atoms. The highest BCUT2D eigenvalue weighted by Gasteiger charge is 2.12. The number of thiophene rings is 1. The largest absolute Gasteiger partial charge is 0.371 e. The van der Waals surface area contributed by atoms with Gasteiger partial charge in [0.25, 0.3) is 0 Å². The first-order valence-electron chi connectivity index (χ1n) is 6.77. The highest BCUT2D eigenvalue weighted by Crippen LogP contribution is 2.21. The van der Waals surface area contributed by atoms with Crippen LogP contribution in [0.3, 0.4) is 0 Å². The third-order valence-corrected chi connectivity index (χ3v) is 4.38. The first kappa shape index (κ1) is 15.3. The molecular formula is C15H20ClN3S. The molecule has 2 aromatic heterocycles. The fraction of sp³-hybridized carbons (Fsp3) is 0.467. The number of halogens is 1. The van der Waals surface area contributed by atoms with Gasteiger partial charge in [-0.3, -0.25) is 0 Å². The molecule has 5 heteroatoms. The SMILES string of the molecule is CC(C)c1ncc(N(C)CCc2cccs2)c(CCl)n1. The second-order valence-electron chi connectivity index (χ2n) is 5.10. The molecule has 0 saturated heterocycles. The van der Waals surface area contributed by atoms with Crippen LogP contribution in [-0.2, 0) is 12.3 Å². The molecule has 0 aromatic carbocycles. The Kier molecular flexibility index (Phi) is 5.38. The van der Waals surface area contributed by atoms with Crippen molar-refractivity contribution in [2.45, 2.75) is 32.1 Å². The summed E-state index contributed by atoms with van der Waals surface area (Å²) in [7, 11) is 2.07. The molecule has 108 valence electrons. The molecule has 0 radical (unpaired) electrons. The minimum atomic E-state index is 0.322. The summed E-state index contributed by atoms with van der Waals surface area (Å²) in [4.78, 5) is 12.6. The van der Waals surface area contributed by atoms with E-state index < -0.39 is 0 Å². The molecule has 2 heterocycles. The third kappa shape index (κ3) is 3.70. The van der Waals surface area contributed by atoms with E-state index in [2.05, 4.69) is 53.3 Å². The highest BCUT2D eigenvalue weighted by molar-refractivity contribution is 7.09. The molecule has 20 heavy (non-hydrogen) atoms. The second kappa shape index (κ2) is 7.04. The monoisotopic (exact) mass is 309 g/mol. The molecule has 2 rings (SSSR count). The topological polar surface area (TPSA) is 29.0 Å². The van der Waals surface area contributed by atoms with E-state index in [4.69, 9.17) is 11.6 Å². The van der Waals surface area contributed by atoms with Crippen molar-refractivity contribution in [1.29, 1.82) is 0 Å². The molecule has 0 fully saturated rings. The fourth-order valence-electron chi connectivity index (χ4n) is 1.97. The zero-order valence-electron chi connectivity index (χ0n) is 12.1. The molecule has 0 spiro atoms. The van der Waals surface area contributed by atoms with Crippen LogP contribution in [0, 0.1) is 0 Å². The molecule has 0 saturated carbocycles. The number of hydrogen-bond donors (Lipinski definition) is 0. The van der Waals surface area contributed by atoms with Crippen molar-refractivity contribution in [3.63, 3.8) is 0 Å². The molecule has 0 unspecified atom stereocenters. The Hall–Kier alpha value is -1.13. The van der Waals surface area contributed by atoms with Crippen LogP contribution in [0.15, 0.2) is 23.7 Å². The molecule has 0 aliphatic heterocycles. The summed E-state index contributed by atoms with van der Waals surface area (Å²) in [6.45, 7) is 5.12. The minimum absolute atomic E-state index is 0.322. The van der Waals surface area contributed by atoms with Crippen LogP contribution >= 0.6 is 22.9 Å². The minimum Gasteiger partial charge on any atom is -0.371 e. The number of anilines is 1. The van der Waals surface area contributed by atoms with Crippen molar-refractivity contribution in [2.24, 2.45) is 0 Å². The van der Waals surface area contributed by atoms with Gasteiger partial charge < -0.3 is 4.90 Å². The van der Waals surface area contributed by atoms with Crippen molar-refractivity contribution in [2.75, 3.05) is 18.5 Å². The molecule has 0 aliphatic rings. The summed E-state index contributed by atoms with van der Waals surface area (Å²) < 4.78 is 0. The smallest absolute Gasteiger partial charge is 0.131 e. The summed E-state index contributed by atoms with van der Waals surface area (Å²) >= 11 is 7.83. The average Bonchev–Trinajstić information content (AvgIpc) is 2.97. The first-order valence-corrected chi connectivity index (χ1v) is 8.18. The van der Waals surface area contributed by atoms with Gasteiger partial charge in [0, 0.05) is 24.4 Å². The maximum atomic E-state index is 6.04. The number of hydrogen-bond acceptors (Lipinski definition) is 4. The summed E-state index contributed by atoms with van der Waals surface area (Å²) in [5, 5.41) is 2.11. The maximum Gasteiger partial charge on any atom is 0.131 e. The van der Waals surface area contributed by atoms with Crippen molar-refractivity contribution < 1.29 is 0 Å². The molecule has 0 N–H and O–H groups in total. The Labute approximate surface area is 129 Å². The van der Waals surface area contributed by atoms with Crippen LogP contribution in [0.1, 0.15) is 36.2 Å². The van der Waals surface area contributed by atoms with E-state index in [9.17, 15) is 0 Å². The van der Waals surface area contributed by atoms with Crippen LogP contribution in [0.2, 0.25) is 0 Å². The van der Waals surface area contributed by atoms with Crippen LogP contribution in [0.5, 0.6) is 0 Å². The van der Waals surface area contributed by atoms with E-state index >= 15 is 0 Å². The van der Waals surface area contributed by atoms with E-state index in [1.54, 1.807) is 11.3 Å². The van der Waals surface area contributed by atoms with Gasteiger partial charge in [0.1, 0.15) is 5.82 Å². The normalized spacial score (nSPS) is 11.1. The quantitative estimate of drug-likeness (QED) is 0.753. The Balaban J connectivity index is 2.10. The third-order valence-electron chi connectivity index (χ3n) is 3.19. The van der Waals surface area contributed by atoms with Crippen molar-refractivity contribution in [1.82, 2.24) is 9.97 Å². The lowest BCUT2D eigenvalue weighted by Gasteiger charge is -2.21. The van der Waals surface area contributed by atoms with Crippen LogP contribution < -0.4 is 4.90 Å². The van der Waals surface area contributed by atoms with Crippen LogP contribution in [0.25, 0.3) is 0 Å². The molecule has 0 atom stereocenters. The van der Waals surface area contributed by atoms with Crippen molar-refractivity contribution in [3.05, 3.63) is 40.1 Å². The lowest BCUT2D eigenvalue weighted by molar-refractivity contribution is 0.758. The van der Waals surface area contributed by atoms with Gasteiger partial charge in [-0.25, -0.2) is 9.97 Å². The van der Waals surface area contributed by atoms with Crippen molar-refractivity contribution in [3.8, 4) is 0 Å². The lowest BCUT2D eigenvalue weighted by Crippen LogP contribution is -2.22. The van der Waals surface area contributed by atoms with E-state index in [0.717, 1.165) is 30.2 Å². The number of aromatic nitrogens is 2. The average molecular weight is 310 g/mol. The number of alkyl halides is 1. The standard InChI is InChI=1S/C15H20ClN3S/c1-11(2)15-17-10-14(13(9-16)18-15)19(3)7-6-12-5-4-8-20-12/h4-5,8,10-11H,6-7,9H2,1-3H3. The van der Waals surface area contributed by atoms with Gasteiger partial charge >= 0.3 is 0 Å². The van der Waals surface area contributed by atoms with Gasteiger partial charge in [0.2, 0.25) is 0 Å². The van der Waals surface area contributed by atoms with E-state index in [-0.39, 0.29) is 0 Å². The number of nitrogens with zero attached hydrogens (tertiary/aromatic N) is 3. The maximum absolute atomic E-state index is 6.04. The highest BCUT2D eigenvalue weighted by atomic mass is 35.5. The van der Waals surface area contributed by atoms with E-state index in [1.165, 1.54) is 4.88 Å². The Bertz CT molecular complexity index is 540. The molecule has 2 aromatic rings. The number of rotatable bonds is 6. The second-order valence-corrected chi connectivity index (χ2v) is 6.40. The van der Waals surface area contributed by atoms with Gasteiger partial charge in [-0.1, -0.05) is 19.9 Å². The van der Waals surface area contributed by atoms with Gasteiger partial charge in [-0.15, -0.1) is 22.9 Å². The zero-order chi connectivity index (χ0) is 14.5. The summed E-state index contributed by atoms with van der Waals surface area (Å²) in [5.41, 5.74) is 1.94. The summed E-state index contributed by atoms with van der Waals surface area (Å²) in [5.74, 6) is 1.60. The van der Waals surface area contributed by atoms with Gasteiger partial charge in [0.05, 0.1) is 23.5 Å². The first-order chi connectivity index (χ1) is 9.61. The molecule has 3 nitrogen and oxygen atoms in total. The van der Waals surface area contributed by atoms with Gasteiger partial charge in [-0.05, 0) is 17.9 Å². The zero-order valence-corrected chi connectivity index (χ0v) is 13.7. The predicted molar refractivity (Wildman–Crippen MR) is 87.0 cm³/mol. The van der Waals surface area contributed by atoms with Gasteiger partial charge in [-0.2, -0.15) is 0 Å². The lowest BCUT2D eigenvalue weighted by atomic mass is 10.2. The Morgan fingerprint density at radius 3 is 2.80 bits per heavy atom.